The van der Waals surface area contributed by atoms with Crippen LogP contribution < -0.4 is 0 Å². The quantitative estimate of drug-likeness (QED) is 0.447. The lowest BCUT2D eigenvalue weighted by Crippen LogP contribution is -2.12. The summed E-state index contributed by atoms with van der Waals surface area (Å²) in [5.41, 5.74) is 0.505. The third-order valence-corrected chi connectivity index (χ3v) is 2.22. The first-order valence-electron chi connectivity index (χ1n) is 6.39. The van der Waals surface area contributed by atoms with Crippen LogP contribution >= 0.6 is 0 Å². The second kappa shape index (κ2) is 11.7. The molecule has 0 aliphatic carbocycles. The normalized spacial score (nSPS) is 11.2. The number of hydrogen-bond donors (Lipinski definition) is 2. The van der Waals surface area contributed by atoms with Crippen LogP contribution in [0.2, 0.25) is 0 Å². The van der Waals surface area contributed by atoms with Gasteiger partial charge in [-0.1, -0.05) is 13.0 Å². The van der Waals surface area contributed by atoms with Gasteiger partial charge in [0.05, 0.1) is 13.2 Å². The SMILES string of the molecule is CCC=C(CCCC(=O)OCCO)C(=O)OCCO. The molecule has 0 rings (SSSR count). The molecule has 0 aliphatic rings. The van der Waals surface area contributed by atoms with Crippen LogP contribution in [0.3, 0.4) is 0 Å². The molecule has 0 fully saturated rings. The highest BCUT2D eigenvalue weighted by molar-refractivity contribution is 5.88. The minimum Gasteiger partial charge on any atom is -0.463 e. The minimum atomic E-state index is -0.459. The Bertz CT molecular complexity index is 298. The van der Waals surface area contributed by atoms with Crippen LogP contribution in [-0.4, -0.2) is 48.6 Å². The summed E-state index contributed by atoms with van der Waals surface area (Å²) in [6, 6.07) is 0. The number of aliphatic hydroxyl groups excluding tert-OH is 2. The minimum absolute atomic E-state index is 0.00493. The predicted molar refractivity (Wildman–Crippen MR) is 68.3 cm³/mol. The average Bonchev–Trinajstić information content (AvgIpc) is 2.41. The Hall–Kier alpha value is -1.40. The summed E-state index contributed by atoms with van der Waals surface area (Å²) in [6.45, 7) is 1.46. The number of hydrogen-bond acceptors (Lipinski definition) is 6. The van der Waals surface area contributed by atoms with Crippen molar-refractivity contribution in [2.45, 2.75) is 32.6 Å². The Kier molecular flexibility index (Phi) is 10.8. The molecule has 0 aliphatic heterocycles. The van der Waals surface area contributed by atoms with Gasteiger partial charge in [-0.15, -0.1) is 0 Å². The Balaban J connectivity index is 4.05. The highest BCUT2D eigenvalue weighted by Crippen LogP contribution is 2.11. The van der Waals surface area contributed by atoms with E-state index in [0.717, 1.165) is 0 Å². The molecule has 19 heavy (non-hydrogen) atoms. The molecule has 0 heterocycles. The van der Waals surface area contributed by atoms with Crippen molar-refractivity contribution in [2.24, 2.45) is 0 Å². The highest BCUT2D eigenvalue weighted by atomic mass is 16.5. The summed E-state index contributed by atoms with van der Waals surface area (Å²) in [7, 11) is 0. The van der Waals surface area contributed by atoms with E-state index < -0.39 is 11.9 Å². The monoisotopic (exact) mass is 274 g/mol. The zero-order chi connectivity index (χ0) is 14.5. The lowest BCUT2D eigenvalue weighted by atomic mass is 10.1. The van der Waals surface area contributed by atoms with Crippen LogP contribution in [0.4, 0.5) is 0 Å². The van der Waals surface area contributed by atoms with E-state index in [2.05, 4.69) is 0 Å². The van der Waals surface area contributed by atoms with Gasteiger partial charge in [0, 0.05) is 12.0 Å². The summed E-state index contributed by atoms with van der Waals surface area (Å²) in [4.78, 5) is 22.8. The molecule has 0 aromatic rings. The lowest BCUT2D eigenvalue weighted by Gasteiger charge is -2.07. The maximum absolute atomic E-state index is 11.6. The highest BCUT2D eigenvalue weighted by Gasteiger charge is 2.11. The number of carbonyl (C=O) groups is 2. The number of ether oxygens (including phenoxy) is 2. The van der Waals surface area contributed by atoms with Crippen LogP contribution in [0.5, 0.6) is 0 Å². The van der Waals surface area contributed by atoms with Crippen molar-refractivity contribution in [3.8, 4) is 0 Å². The first kappa shape index (κ1) is 17.6. The van der Waals surface area contributed by atoms with Gasteiger partial charge in [-0.25, -0.2) is 4.79 Å². The van der Waals surface area contributed by atoms with Crippen molar-refractivity contribution in [3.05, 3.63) is 11.6 Å². The largest absolute Gasteiger partial charge is 0.463 e. The van der Waals surface area contributed by atoms with E-state index in [0.29, 0.717) is 24.8 Å². The Morgan fingerprint density at radius 3 is 2.26 bits per heavy atom. The molecule has 0 aromatic heterocycles. The van der Waals surface area contributed by atoms with E-state index in [4.69, 9.17) is 19.7 Å². The molecular weight excluding hydrogens is 252 g/mol. The zero-order valence-corrected chi connectivity index (χ0v) is 11.3. The summed E-state index contributed by atoms with van der Waals surface area (Å²) < 4.78 is 9.52. The third-order valence-electron chi connectivity index (χ3n) is 2.22. The molecule has 2 N–H and O–H groups in total. The molecule has 0 atom stereocenters. The van der Waals surface area contributed by atoms with Crippen LogP contribution in [0.1, 0.15) is 32.6 Å². The van der Waals surface area contributed by atoms with Crippen LogP contribution in [-0.2, 0) is 19.1 Å². The van der Waals surface area contributed by atoms with Crippen molar-refractivity contribution in [1.29, 1.82) is 0 Å². The molecule has 6 nitrogen and oxygen atoms in total. The standard InChI is InChI=1S/C13H22O6/c1-2-4-11(13(17)19-10-8-15)5-3-6-12(16)18-9-7-14/h4,14-15H,2-3,5-10H2,1H3. The van der Waals surface area contributed by atoms with Gasteiger partial charge in [-0.05, 0) is 19.3 Å². The smallest absolute Gasteiger partial charge is 0.333 e. The van der Waals surface area contributed by atoms with Gasteiger partial charge in [0.15, 0.2) is 0 Å². The number of rotatable bonds is 10. The number of carbonyl (C=O) groups excluding carboxylic acids is 2. The van der Waals surface area contributed by atoms with Crippen LogP contribution in [0, 0.1) is 0 Å². The Labute approximate surface area is 113 Å². The summed E-state index contributed by atoms with van der Waals surface area (Å²) in [5, 5.41) is 17.1. The van der Waals surface area contributed by atoms with Gasteiger partial charge in [0.2, 0.25) is 0 Å². The third kappa shape index (κ3) is 9.21. The molecule has 6 heteroatoms. The molecule has 0 radical (unpaired) electrons. The van der Waals surface area contributed by atoms with E-state index >= 15 is 0 Å². The second-order valence-corrected chi connectivity index (χ2v) is 3.79. The van der Waals surface area contributed by atoms with Gasteiger partial charge in [0.1, 0.15) is 13.2 Å². The second-order valence-electron chi connectivity index (χ2n) is 3.79. The first-order chi connectivity index (χ1) is 9.15. The van der Waals surface area contributed by atoms with Crippen LogP contribution in [0.25, 0.3) is 0 Å². The van der Waals surface area contributed by atoms with Gasteiger partial charge < -0.3 is 19.7 Å². The molecule has 0 amide bonds. The van der Waals surface area contributed by atoms with E-state index in [9.17, 15) is 9.59 Å². The van der Waals surface area contributed by atoms with Crippen LogP contribution in [0.15, 0.2) is 11.6 Å². The maximum atomic E-state index is 11.6. The molecule has 0 spiro atoms. The number of allylic oxidation sites excluding steroid dienone is 1. The van der Waals surface area contributed by atoms with Gasteiger partial charge in [-0.2, -0.15) is 0 Å². The molecule has 0 unspecified atom stereocenters. The summed E-state index contributed by atoms with van der Waals surface area (Å²) in [5.74, 6) is -0.853. The molecule has 0 saturated heterocycles. The molecule has 0 aromatic carbocycles. The zero-order valence-electron chi connectivity index (χ0n) is 11.3. The van der Waals surface area contributed by atoms with Crippen molar-refractivity contribution in [2.75, 3.05) is 26.4 Å². The molecule has 0 bridgehead atoms. The fourth-order valence-corrected chi connectivity index (χ4v) is 1.42. The first-order valence-corrected chi connectivity index (χ1v) is 6.39. The fraction of sp³-hybridized carbons (Fsp3) is 0.692. The number of aliphatic hydroxyl groups is 2. The lowest BCUT2D eigenvalue weighted by molar-refractivity contribution is -0.145. The van der Waals surface area contributed by atoms with Crippen molar-refractivity contribution in [1.82, 2.24) is 0 Å². The van der Waals surface area contributed by atoms with Gasteiger partial charge >= 0.3 is 11.9 Å². The van der Waals surface area contributed by atoms with E-state index in [1.165, 1.54) is 0 Å². The predicted octanol–water partition coefficient (Wildman–Crippen LogP) is 0.564. The summed E-state index contributed by atoms with van der Waals surface area (Å²) in [6.07, 6.45) is 3.53. The van der Waals surface area contributed by atoms with Crippen molar-refractivity contribution < 1.29 is 29.3 Å². The Morgan fingerprint density at radius 1 is 1.05 bits per heavy atom. The molecule has 110 valence electrons. The number of esters is 2. The van der Waals surface area contributed by atoms with Gasteiger partial charge in [0.25, 0.3) is 0 Å². The molecular formula is C13H22O6. The maximum Gasteiger partial charge on any atom is 0.333 e. The van der Waals surface area contributed by atoms with Crippen molar-refractivity contribution in [3.63, 3.8) is 0 Å². The van der Waals surface area contributed by atoms with Gasteiger partial charge in [-0.3, -0.25) is 4.79 Å². The van der Waals surface area contributed by atoms with E-state index in [1.807, 2.05) is 6.92 Å². The summed E-state index contributed by atoms with van der Waals surface area (Å²) >= 11 is 0. The Morgan fingerprint density at radius 2 is 1.68 bits per heavy atom. The molecule has 0 saturated carbocycles. The van der Waals surface area contributed by atoms with Crippen molar-refractivity contribution >= 4 is 11.9 Å². The van der Waals surface area contributed by atoms with E-state index in [1.54, 1.807) is 6.08 Å². The van der Waals surface area contributed by atoms with E-state index in [-0.39, 0.29) is 32.8 Å². The average molecular weight is 274 g/mol. The topological polar surface area (TPSA) is 93.1 Å². The fourth-order valence-electron chi connectivity index (χ4n) is 1.42.